The highest BCUT2D eigenvalue weighted by Gasteiger charge is 2.16. The zero-order valence-corrected chi connectivity index (χ0v) is 13.2. The number of rotatable bonds is 5. The van der Waals surface area contributed by atoms with Gasteiger partial charge in [-0.3, -0.25) is 0 Å². The van der Waals surface area contributed by atoms with Crippen LogP contribution in [0.3, 0.4) is 0 Å². The highest BCUT2D eigenvalue weighted by Crippen LogP contribution is 2.47. The Morgan fingerprint density at radius 3 is 2.50 bits per heavy atom. The highest BCUT2D eigenvalue weighted by atomic mass is 32.2. The van der Waals surface area contributed by atoms with E-state index in [1.165, 1.54) is 41.5 Å². The van der Waals surface area contributed by atoms with Crippen molar-refractivity contribution in [3.05, 3.63) is 36.4 Å². The summed E-state index contributed by atoms with van der Waals surface area (Å²) in [7, 11) is 0.0761. The molecule has 0 atom stereocenters. The first-order valence-corrected chi connectivity index (χ1v) is 9.51. The molecule has 2 aromatic carbocycles. The van der Waals surface area contributed by atoms with Crippen molar-refractivity contribution in [3.8, 4) is 5.75 Å². The molecule has 1 nitrogen and oxygen atoms in total. The van der Waals surface area contributed by atoms with Crippen LogP contribution in [0.2, 0.25) is 0 Å². The SMILES string of the molecule is CCCCOc1ccc([SH]2CCCC2)c2ccccc12. The summed E-state index contributed by atoms with van der Waals surface area (Å²) in [5, 5.41) is 2.73. The van der Waals surface area contributed by atoms with Crippen LogP contribution in [0.15, 0.2) is 41.3 Å². The minimum absolute atomic E-state index is 0.0761. The number of fused-ring (bicyclic) bond motifs is 1. The van der Waals surface area contributed by atoms with Gasteiger partial charge in [-0.25, -0.2) is 10.9 Å². The van der Waals surface area contributed by atoms with Gasteiger partial charge in [0.15, 0.2) is 0 Å². The van der Waals surface area contributed by atoms with E-state index in [9.17, 15) is 0 Å². The van der Waals surface area contributed by atoms with Gasteiger partial charge in [0.2, 0.25) is 0 Å². The molecule has 0 aliphatic carbocycles. The summed E-state index contributed by atoms with van der Waals surface area (Å²) in [6.07, 6.45) is 5.13. The lowest BCUT2D eigenvalue weighted by Crippen LogP contribution is -1.98. The number of benzene rings is 2. The van der Waals surface area contributed by atoms with E-state index in [0.29, 0.717) is 0 Å². The molecule has 0 bridgehead atoms. The van der Waals surface area contributed by atoms with Gasteiger partial charge in [-0.05, 0) is 53.2 Å². The Balaban J connectivity index is 1.96. The Labute approximate surface area is 124 Å². The first kappa shape index (κ1) is 13.8. The predicted octanol–water partition coefficient (Wildman–Crippen LogP) is 5.17. The van der Waals surface area contributed by atoms with E-state index in [0.717, 1.165) is 18.8 Å². The molecule has 1 aliphatic rings. The maximum absolute atomic E-state index is 5.98. The summed E-state index contributed by atoms with van der Waals surface area (Å²) >= 11 is 0. The van der Waals surface area contributed by atoms with E-state index in [-0.39, 0.29) is 10.9 Å². The predicted molar refractivity (Wildman–Crippen MR) is 90.6 cm³/mol. The number of unbranched alkanes of at least 4 members (excludes halogenated alkanes) is 1. The van der Waals surface area contributed by atoms with Crippen molar-refractivity contribution in [1.29, 1.82) is 0 Å². The molecule has 0 radical (unpaired) electrons. The fourth-order valence-electron chi connectivity index (χ4n) is 2.94. The van der Waals surface area contributed by atoms with Gasteiger partial charge >= 0.3 is 0 Å². The van der Waals surface area contributed by atoms with Crippen LogP contribution in [0, 0.1) is 0 Å². The smallest absolute Gasteiger partial charge is 0.127 e. The van der Waals surface area contributed by atoms with Gasteiger partial charge < -0.3 is 4.74 Å². The summed E-state index contributed by atoms with van der Waals surface area (Å²) in [5.41, 5.74) is 0. The Morgan fingerprint density at radius 2 is 1.75 bits per heavy atom. The second-order valence-corrected chi connectivity index (χ2v) is 7.98. The Bertz CT molecular complexity index is 573. The first-order valence-electron chi connectivity index (χ1n) is 7.79. The second kappa shape index (κ2) is 6.53. The van der Waals surface area contributed by atoms with Crippen molar-refractivity contribution in [2.45, 2.75) is 37.5 Å². The molecule has 3 rings (SSSR count). The maximum atomic E-state index is 5.98. The molecule has 2 aromatic rings. The molecule has 0 aromatic heterocycles. The first-order chi connectivity index (χ1) is 9.90. The molecule has 0 spiro atoms. The summed E-state index contributed by atoms with van der Waals surface area (Å²) in [4.78, 5) is 1.59. The normalized spacial score (nSPS) is 16.8. The molecule has 1 heterocycles. The summed E-state index contributed by atoms with van der Waals surface area (Å²) in [6.45, 7) is 3.03. The Kier molecular flexibility index (Phi) is 4.51. The van der Waals surface area contributed by atoms with Gasteiger partial charge in [-0.15, -0.1) is 0 Å². The van der Waals surface area contributed by atoms with E-state index >= 15 is 0 Å². The van der Waals surface area contributed by atoms with Crippen LogP contribution in [-0.2, 0) is 0 Å². The third-order valence-electron chi connectivity index (χ3n) is 4.06. The summed E-state index contributed by atoms with van der Waals surface area (Å²) in [5.74, 6) is 3.89. The molecule has 0 saturated carbocycles. The van der Waals surface area contributed by atoms with Crippen LogP contribution < -0.4 is 4.74 Å². The van der Waals surface area contributed by atoms with Crippen molar-refractivity contribution in [1.82, 2.24) is 0 Å². The standard InChI is InChI=1S/C18H24OS/c1-2-3-12-19-17-10-11-18(20-13-6-7-14-20)16-9-5-4-8-15(16)17/h4-5,8-11,20H,2-3,6-7,12-14H2,1H3. The highest BCUT2D eigenvalue weighted by molar-refractivity contribution is 8.17. The van der Waals surface area contributed by atoms with Crippen LogP contribution in [0.5, 0.6) is 5.75 Å². The lowest BCUT2D eigenvalue weighted by atomic mass is 10.1. The molecule has 1 saturated heterocycles. The largest absolute Gasteiger partial charge is 0.493 e. The minimum atomic E-state index is 0.0761. The fraction of sp³-hybridized carbons (Fsp3) is 0.444. The molecule has 2 heteroatoms. The molecule has 20 heavy (non-hydrogen) atoms. The van der Waals surface area contributed by atoms with E-state index < -0.39 is 0 Å². The van der Waals surface area contributed by atoms with Crippen LogP contribution >= 0.6 is 10.9 Å². The molecule has 1 aliphatic heterocycles. The van der Waals surface area contributed by atoms with Gasteiger partial charge in [0.05, 0.1) is 6.61 Å². The number of ether oxygens (including phenoxy) is 1. The zero-order chi connectivity index (χ0) is 13.8. The third-order valence-corrected chi connectivity index (χ3v) is 6.85. The van der Waals surface area contributed by atoms with Gasteiger partial charge in [0.25, 0.3) is 0 Å². The average Bonchev–Trinajstić information content (AvgIpc) is 3.01. The summed E-state index contributed by atoms with van der Waals surface area (Å²) in [6, 6.07) is 13.3. The van der Waals surface area contributed by atoms with E-state index in [4.69, 9.17) is 4.74 Å². The molecule has 1 fully saturated rings. The molecule has 0 unspecified atom stereocenters. The molecule has 0 amide bonds. The third kappa shape index (κ3) is 2.80. The monoisotopic (exact) mass is 288 g/mol. The quantitative estimate of drug-likeness (QED) is 0.589. The Hall–Kier alpha value is -1.15. The second-order valence-electron chi connectivity index (χ2n) is 5.52. The van der Waals surface area contributed by atoms with Crippen LogP contribution in [0.1, 0.15) is 32.6 Å². The molecular formula is C18H24OS. The van der Waals surface area contributed by atoms with Crippen LogP contribution in [-0.4, -0.2) is 18.1 Å². The van der Waals surface area contributed by atoms with Gasteiger partial charge in [0, 0.05) is 5.39 Å². The van der Waals surface area contributed by atoms with Crippen molar-refractivity contribution in [2.24, 2.45) is 0 Å². The van der Waals surface area contributed by atoms with Crippen LogP contribution in [0.25, 0.3) is 10.8 Å². The maximum Gasteiger partial charge on any atom is 0.127 e. The summed E-state index contributed by atoms with van der Waals surface area (Å²) < 4.78 is 5.98. The lowest BCUT2D eigenvalue weighted by molar-refractivity contribution is 0.313. The number of hydrogen-bond acceptors (Lipinski definition) is 1. The van der Waals surface area contributed by atoms with Crippen molar-refractivity contribution in [3.63, 3.8) is 0 Å². The van der Waals surface area contributed by atoms with E-state index in [1.807, 2.05) is 0 Å². The zero-order valence-electron chi connectivity index (χ0n) is 12.3. The van der Waals surface area contributed by atoms with Crippen molar-refractivity contribution >= 4 is 21.7 Å². The topological polar surface area (TPSA) is 9.23 Å². The van der Waals surface area contributed by atoms with Crippen molar-refractivity contribution in [2.75, 3.05) is 18.1 Å². The minimum Gasteiger partial charge on any atom is -0.493 e. The van der Waals surface area contributed by atoms with Gasteiger partial charge in [-0.1, -0.05) is 37.6 Å². The van der Waals surface area contributed by atoms with Crippen molar-refractivity contribution < 1.29 is 4.74 Å². The molecule has 0 N–H and O–H groups in total. The Morgan fingerprint density at radius 1 is 1.00 bits per heavy atom. The average molecular weight is 288 g/mol. The lowest BCUT2D eigenvalue weighted by Gasteiger charge is -2.19. The van der Waals surface area contributed by atoms with Crippen LogP contribution in [0.4, 0.5) is 0 Å². The molecular weight excluding hydrogens is 264 g/mol. The van der Waals surface area contributed by atoms with Gasteiger partial charge in [0.1, 0.15) is 5.75 Å². The molecule has 108 valence electrons. The van der Waals surface area contributed by atoms with E-state index in [2.05, 4.69) is 43.3 Å². The van der Waals surface area contributed by atoms with E-state index in [1.54, 1.807) is 4.90 Å². The number of thiol groups is 1. The fourth-order valence-corrected chi connectivity index (χ4v) is 5.68. The number of hydrogen-bond donors (Lipinski definition) is 1. The van der Waals surface area contributed by atoms with Gasteiger partial charge in [-0.2, -0.15) is 0 Å².